The molecule has 1 heterocycles. The van der Waals surface area contributed by atoms with Crippen molar-refractivity contribution in [2.75, 3.05) is 13.7 Å². The number of carbonyl (C=O) groups excluding carboxylic acids is 1. The van der Waals surface area contributed by atoms with Gasteiger partial charge in [0.05, 0.1) is 0 Å². The van der Waals surface area contributed by atoms with Crippen molar-refractivity contribution in [3.63, 3.8) is 0 Å². The van der Waals surface area contributed by atoms with Gasteiger partial charge in [-0.3, -0.25) is 4.79 Å². The average molecular weight is 314 g/mol. The molecule has 0 spiro atoms. The SMILES string of the molecule is CCOC.O=Cc1nc(Br)c(Br)[nH]1. The van der Waals surface area contributed by atoms with Crippen LogP contribution < -0.4 is 0 Å². The van der Waals surface area contributed by atoms with E-state index >= 15 is 0 Å². The third-order valence-corrected chi connectivity index (χ3v) is 2.72. The molecule has 4 nitrogen and oxygen atoms in total. The van der Waals surface area contributed by atoms with E-state index in [1.165, 1.54) is 0 Å². The minimum absolute atomic E-state index is 0.314. The molecule has 1 aromatic heterocycles. The molecule has 0 fully saturated rings. The van der Waals surface area contributed by atoms with Gasteiger partial charge in [0.25, 0.3) is 0 Å². The van der Waals surface area contributed by atoms with Crippen LogP contribution in [0.4, 0.5) is 0 Å². The van der Waals surface area contributed by atoms with Gasteiger partial charge in [0.2, 0.25) is 0 Å². The maximum atomic E-state index is 10.0. The number of methoxy groups -OCH3 is 1. The molecule has 0 saturated carbocycles. The maximum Gasteiger partial charge on any atom is 0.185 e. The van der Waals surface area contributed by atoms with E-state index < -0.39 is 0 Å². The molecule has 0 aromatic carbocycles. The fourth-order valence-electron chi connectivity index (χ4n) is 0.403. The number of H-pyrrole nitrogens is 1. The van der Waals surface area contributed by atoms with Gasteiger partial charge in [0.15, 0.2) is 12.1 Å². The zero-order valence-corrected chi connectivity index (χ0v) is 10.5. The van der Waals surface area contributed by atoms with Gasteiger partial charge in [-0.1, -0.05) is 0 Å². The molecule has 0 atom stereocenters. The summed E-state index contributed by atoms with van der Waals surface area (Å²) in [5.74, 6) is 0.314. The van der Waals surface area contributed by atoms with Gasteiger partial charge in [-0.2, -0.15) is 0 Å². The van der Waals surface area contributed by atoms with Gasteiger partial charge < -0.3 is 9.72 Å². The quantitative estimate of drug-likeness (QED) is 0.853. The number of hydrogen-bond acceptors (Lipinski definition) is 3. The zero-order chi connectivity index (χ0) is 10.3. The largest absolute Gasteiger partial charge is 0.385 e. The van der Waals surface area contributed by atoms with Crippen LogP contribution in [0.5, 0.6) is 0 Å². The normalized spacial score (nSPS) is 8.92. The van der Waals surface area contributed by atoms with Crippen molar-refractivity contribution >= 4 is 38.1 Å². The first kappa shape index (κ1) is 12.8. The summed E-state index contributed by atoms with van der Waals surface area (Å²) in [6.07, 6.45) is 0.648. The molecular formula is C7H10Br2N2O2. The second kappa shape index (κ2) is 7.23. The number of halogens is 2. The van der Waals surface area contributed by atoms with E-state index in [2.05, 4.69) is 46.6 Å². The average Bonchev–Trinajstić information content (AvgIpc) is 2.47. The van der Waals surface area contributed by atoms with Crippen molar-refractivity contribution < 1.29 is 9.53 Å². The highest BCUT2D eigenvalue weighted by molar-refractivity contribution is 9.13. The topological polar surface area (TPSA) is 55.0 Å². The Morgan fingerprint density at radius 1 is 1.62 bits per heavy atom. The Balaban J connectivity index is 0.000000310. The first-order valence-electron chi connectivity index (χ1n) is 3.50. The van der Waals surface area contributed by atoms with E-state index in [-0.39, 0.29) is 0 Å². The molecule has 0 aliphatic heterocycles. The molecule has 0 unspecified atom stereocenters. The van der Waals surface area contributed by atoms with Crippen LogP contribution in [0.1, 0.15) is 17.5 Å². The summed E-state index contributed by atoms with van der Waals surface area (Å²) in [6, 6.07) is 0. The number of imidazole rings is 1. The van der Waals surface area contributed by atoms with Gasteiger partial charge in [-0.25, -0.2) is 4.98 Å². The van der Waals surface area contributed by atoms with E-state index in [0.29, 0.717) is 21.3 Å². The van der Waals surface area contributed by atoms with Crippen LogP contribution in [0.15, 0.2) is 9.21 Å². The van der Waals surface area contributed by atoms with E-state index in [1.54, 1.807) is 7.11 Å². The predicted molar refractivity (Wildman–Crippen MR) is 56.9 cm³/mol. The standard InChI is InChI=1S/C4H2Br2N2O.C3H8O/c5-3-4(6)8-2(1-9)7-3;1-3-4-2/h1H,(H,7,8);3H2,1-2H3. The van der Waals surface area contributed by atoms with Crippen molar-refractivity contribution in [1.82, 2.24) is 9.97 Å². The number of nitrogens with zero attached hydrogens (tertiary/aromatic N) is 1. The van der Waals surface area contributed by atoms with Crippen LogP contribution in [0.3, 0.4) is 0 Å². The van der Waals surface area contributed by atoms with Crippen LogP contribution in [0.2, 0.25) is 0 Å². The molecule has 0 aliphatic carbocycles. The predicted octanol–water partition coefficient (Wildman–Crippen LogP) is 2.40. The molecule has 0 saturated heterocycles. The summed E-state index contributed by atoms with van der Waals surface area (Å²) in [5.41, 5.74) is 0. The zero-order valence-electron chi connectivity index (χ0n) is 7.30. The molecule has 0 amide bonds. The second-order valence-electron chi connectivity index (χ2n) is 1.92. The van der Waals surface area contributed by atoms with Crippen LogP contribution in [-0.2, 0) is 4.74 Å². The lowest BCUT2D eigenvalue weighted by atomic mass is 10.7. The molecule has 1 rings (SSSR count). The van der Waals surface area contributed by atoms with Crippen LogP contribution in [-0.4, -0.2) is 30.0 Å². The number of hydrogen-bond donors (Lipinski definition) is 1. The Morgan fingerprint density at radius 2 is 2.15 bits per heavy atom. The van der Waals surface area contributed by atoms with Gasteiger partial charge in [-0.05, 0) is 38.8 Å². The monoisotopic (exact) mass is 312 g/mol. The second-order valence-corrected chi connectivity index (χ2v) is 3.47. The summed E-state index contributed by atoms with van der Waals surface area (Å²) in [4.78, 5) is 16.5. The third-order valence-electron chi connectivity index (χ3n) is 1.04. The summed E-state index contributed by atoms with van der Waals surface area (Å²) < 4.78 is 5.84. The van der Waals surface area contributed by atoms with Crippen molar-refractivity contribution in [2.24, 2.45) is 0 Å². The lowest BCUT2D eigenvalue weighted by Crippen LogP contribution is -1.79. The number of aromatic nitrogens is 2. The lowest BCUT2D eigenvalue weighted by molar-refractivity contribution is 0.111. The molecule has 1 N–H and O–H groups in total. The number of rotatable bonds is 2. The molecule has 74 valence electrons. The van der Waals surface area contributed by atoms with E-state index in [1.807, 2.05) is 6.92 Å². The summed E-state index contributed by atoms with van der Waals surface area (Å²) in [7, 11) is 1.68. The third kappa shape index (κ3) is 5.17. The fourth-order valence-corrected chi connectivity index (χ4v) is 0.985. The molecular weight excluding hydrogens is 304 g/mol. The smallest absolute Gasteiger partial charge is 0.185 e. The van der Waals surface area contributed by atoms with Crippen molar-refractivity contribution in [3.05, 3.63) is 15.0 Å². The Bertz CT molecular complexity index is 241. The highest BCUT2D eigenvalue weighted by atomic mass is 79.9. The Morgan fingerprint density at radius 3 is 2.31 bits per heavy atom. The first-order chi connectivity index (χ1) is 6.15. The number of ether oxygens (including phenoxy) is 1. The van der Waals surface area contributed by atoms with Crippen LogP contribution in [0.25, 0.3) is 0 Å². The van der Waals surface area contributed by atoms with Gasteiger partial charge in [-0.15, -0.1) is 0 Å². The van der Waals surface area contributed by atoms with Crippen molar-refractivity contribution in [3.8, 4) is 0 Å². The minimum Gasteiger partial charge on any atom is -0.385 e. The highest BCUT2D eigenvalue weighted by Gasteiger charge is 2.01. The van der Waals surface area contributed by atoms with E-state index in [4.69, 9.17) is 0 Å². The van der Waals surface area contributed by atoms with Crippen LogP contribution >= 0.6 is 31.9 Å². The Labute approximate surface area is 93.3 Å². The summed E-state index contributed by atoms with van der Waals surface area (Å²) in [5, 5.41) is 0. The fraction of sp³-hybridized carbons (Fsp3) is 0.429. The van der Waals surface area contributed by atoms with Crippen molar-refractivity contribution in [2.45, 2.75) is 6.92 Å². The van der Waals surface area contributed by atoms with Crippen LogP contribution in [0, 0.1) is 0 Å². The van der Waals surface area contributed by atoms with Gasteiger partial charge in [0, 0.05) is 13.7 Å². The number of nitrogens with one attached hydrogen (secondary N) is 1. The summed E-state index contributed by atoms with van der Waals surface area (Å²) in [6.45, 7) is 2.78. The highest BCUT2D eigenvalue weighted by Crippen LogP contribution is 2.18. The summed E-state index contributed by atoms with van der Waals surface area (Å²) >= 11 is 6.24. The Hall–Kier alpha value is -0.200. The minimum atomic E-state index is 0.314. The van der Waals surface area contributed by atoms with Gasteiger partial charge in [0.1, 0.15) is 9.21 Å². The molecule has 0 radical (unpaired) electrons. The molecule has 13 heavy (non-hydrogen) atoms. The lowest BCUT2D eigenvalue weighted by Gasteiger charge is -1.76. The maximum absolute atomic E-state index is 10.0. The van der Waals surface area contributed by atoms with E-state index in [0.717, 1.165) is 6.61 Å². The van der Waals surface area contributed by atoms with Crippen molar-refractivity contribution in [1.29, 1.82) is 0 Å². The molecule has 0 bridgehead atoms. The number of carbonyl (C=O) groups is 1. The number of aromatic amines is 1. The number of aldehydes is 1. The Kier molecular flexibility index (Phi) is 7.12. The van der Waals surface area contributed by atoms with Gasteiger partial charge >= 0.3 is 0 Å². The van der Waals surface area contributed by atoms with E-state index in [9.17, 15) is 4.79 Å². The molecule has 6 heteroatoms. The first-order valence-corrected chi connectivity index (χ1v) is 5.09. The molecule has 0 aliphatic rings. The molecule has 1 aromatic rings.